The van der Waals surface area contributed by atoms with Crippen LogP contribution in [-0.2, 0) is 9.53 Å². The molecule has 7 heteroatoms. The van der Waals surface area contributed by atoms with Crippen LogP contribution in [0.3, 0.4) is 0 Å². The van der Waals surface area contributed by atoms with E-state index < -0.39 is 6.04 Å². The van der Waals surface area contributed by atoms with Crippen molar-refractivity contribution in [3.05, 3.63) is 17.3 Å². The van der Waals surface area contributed by atoms with Crippen LogP contribution in [0.5, 0.6) is 0 Å². The Labute approximate surface area is 111 Å². The summed E-state index contributed by atoms with van der Waals surface area (Å²) >= 11 is 5.76. The molecule has 0 bridgehead atoms. The summed E-state index contributed by atoms with van der Waals surface area (Å²) in [6, 6.07) is 2.76. The van der Waals surface area contributed by atoms with E-state index in [0.717, 1.165) is 0 Å². The summed E-state index contributed by atoms with van der Waals surface area (Å²) in [5.74, 6) is 0.241. The summed E-state index contributed by atoms with van der Waals surface area (Å²) in [5.41, 5.74) is 6.16. The third-order valence-electron chi connectivity index (χ3n) is 2.24. The highest BCUT2D eigenvalue weighted by molar-refractivity contribution is 6.29. The molecule has 0 aromatic carbocycles. The van der Waals surface area contributed by atoms with Crippen LogP contribution in [0.1, 0.15) is 6.92 Å². The summed E-state index contributed by atoms with van der Waals surface area (Å²) in [6.07, 6.45) is 0. The molecule has 0 spiro atoms. The monoisotopic (exact) mass is 272 g/mol. The number of carbonyl (C=O) groups excluding carboxylic acids is 1. The van der Waals surface area contributed by atoms with E-state index in [1.165, 1.54) is 0 Å². The number of aromatic nitrogens is 1. The van der Waals surface area contributed by atoms with Crippen LogP contribution < -0.4 is 16.4 Å². The van der Waals surface area contributed by atoms with E-state index in [1.54, 1.807) is 26.2 Å². The summed E-state index contributed by atoms with van der Waals surface area (Å²) < 4.78 is 4.84. The van der Waals surface area contributed by atoms with Crippen molar-refractivity contribution >= 4 is 29.0 Å². The minimum absolute atomic E-state index is 0.159. The number of pyridine rings is 1. The standard InChI is InChI=1S/C11H17ClN4O2/c1-7(11(17)14-5-6-18-2)15-10-8(13)3-4-9(12)16-10/h3-4,7H,5-6,13H2,1-2H3,(H,14,17)(H,15,16). The van der Waals surface area contributed by atoms with Crippen molar-refractivity contribution in [3.8, 4) is 0 Å². The smallest absolute Gasteiger partial charge is 0.242 e. The van der Waals surface area contributed by atoms with Crippen LogP contribution in [-0.4, -0.2) is 37.2 Å². The Balaban J connectivity index is 2.55. The van der Waals surface area contributed by atoms with Crippen LogP contribution in [0, 0.1) is 0 Å². The van der Waals surface area contributed by atoms with Crippen LogP contribution in [0.25, 0.3) is 0 Å². The second-order valence-corrected chi connectivity index (χ2v) is 4.11. The second-order valence-electron chi connectivity index (χ2n) is 3.72. The van der Waals surface area contributed by atoms with Gasteiger partial charge in [-0.2, -0.15) is 0 Å². The van der Waals surface area contributed by atoms with Crippen molar-refractivity contribution in [2.45, 2.75) is 13.0 Å². The molecule has 0 fully saturated rings. The van der Waals surface area contributed by atoms with Gasteiger partial charge in [0.1, 0.15) is 11.2 Å². The van der Waals surface area contributed by atoms with Gasteiger partial charge in [-0.05, 0) is 19.1 Å². The molecule has 100 valence electrons. The topological polar surface area (TPSA) is 89.3 Å². The van der Waals surface area contributed by atoms with Crippen molar-refractivity contribution in [1.29, 1.82) is 0 Å². The Kier molecular flexibility index (Phi) is 5.67. The molecule has 0 aliphatic rings. The zero-order chi connectivity index (χ0) is 13.5. The van der Waals surface area contributed by atoms with Gasteiger partial charge in [-0.3, -0.25) is 4.79 Å². The van der Waals surface area contributed by atoms with E-state index in [-0.39, 0.29) is 5.91 Å². The van der Waals surface area contributed by atoms with Crippen molar-refractivity contribution in [2.75, 3.05) is 31.3 Å². The molecule has 1 rings (SSSR count). The lowest BCUT2D eigenvalue weighted by atomic mass is 10.3. The number of methoxy groups -OCH3 is 1. The largest absolute Gasteiger partial charge is 0.396 e. The zero-order valence-corrected chi connectivity index (χ0v) is 11.1. The average molecular weight is 273 g/mol. The number of nitrogens with zero attached hydrogens (tertiary/aromatic N) is 1. The maximum atomic E-state index is 11.7. The number of carbonyl (C=O) groups is 1. The number of nitrogens with two attached hydrogens (primary N) is 1. The van der Waals surface area contributed by atoms with E-state index in [4.69, 9.17) is 22.1 Å². The van der Waals surface area contributed by atoms with E-state index in [1.807, 2.05) is 0 Å². The Morgan fingerprint density at radius 2 is 2.33 bits per heavy atom. The highest BCUT2D eigenvalue weighted by Crippen LogP contribution is 2.18. The fraction of sp³-hybridized carbons (Fsp3) is 0.455. The van der Waals surface area contributed by atoms with Crippen molar-refractivity contribution in [3.63, 3.8) is 0 Å². The normalized spacial score (nSPS) is 11.9. The van der Waals surface area contributed by atoms with Crippen LogP contribution in [0.4, 0.5) is 11.5 Å². The Morgan fingerprint density at radius 1 is 1.61 bits per heavy atom. The van der Waals surface area contributed by atoms with Gasteiger partial charge < -0.3 is 21.1 Å². The van der Waals surface area contributed by atoms with Crippen molar-refractivity contribution in [1.82, 2.24) is 10.3 Å². The minimum atomic E-state index is -0.463. The van der Waals surface area contributed by atoms with Gasteiger partial charge in [0, 0.05) is 13.7 Å². The van der Waals surface area contributed by atoms with Gasteiger partial charge in [-0.25, -0.2) is 4.98 Å². The van der Waals surface area contributed by atoms with Gasteiger partial charge in [0.25, 0.3) is 0 Å². The van der Waals surface area contributed by atoms with Gasteiger partial charge in [-0.15, -0.1) is 0 Å². The van der Waals surface area contributed by atoms with Gasteiger partial charge >= 0.3 is 0 Å². The number of amides is 1. The number of ether oxygens (including phenoxy) is 1. The molecule has 0 saturated heterocycles. The average Bonchev–Trinajstić information content (AvgIpc) is 2.34. The van der Waals surface area contributed by atoms with E-state index in [9.17, 15) is 4.79 Å². The lowest BCUT2D eigenvalue weighted by molar-refractivity contribution is -0.121. The third-order valence-corrected chi connectivity index (χ3v) is 2.45. The highest BCUT2D eigenvalue weighted by atomic mass is 35.5. The fourth-order valence-electron chi connectivity index (χ4n) is 1.26. The Morgan fingerprint density at radius 3 is 3.00 bits per heavy atom. The number of halogens is 1. The first-order valence-electron chi connectivity index (χ1n) is 5.49. The molecule has 18 heavy (non-hydrogen) atoms. The molecule has 0 aliphatic heterocycles. The van der Waals surface area contributed by atoms with Crippen molar-refractivity contribution in [2.24, 2.45) is 0 Å². The Bertz CT molecular complexity index is 414. The van der Waals surface area contributed by atoms with Gasteiger partial charge in [0.2, 0.25) is 5.91 Å². The molecule has 1 amide bonds. The quantitative estimate of drug-likeness (QED) is 0.528. The second kappa shape index (κ2) is 7.03. The molecule has 1 aromatic rings. The molecule has 1 unspecified atom stereocenters. The molecular weight excluding hydrogens is 256 g/mol. The van der Waals surface area contributed by atoms with E-state index >= 15 is 0 Å². The maximum absolute atomic E-state index is 11.7. The number of hydrogen-bond donors (Lipinski definition) is 3. The number of anilines is 2. The number of nitrogen functional groups attached to an aromatic ring is 1. The van der Waals surface area contributed by atoms with Gasteiger partial charge in [0.15, 0.2) is 5.82 Å². The zero-order valence-electron chi connectivity index (χ0n) is 10.4. The first-order chi connectivity index (χ1) is 8.54. The number of nitrogens with one attached hydrogen (secondary N) is 2. The summed E-state index contributed by atoms with van der Waals surface area (Å²) in [7, 11) is 1.57. The van der Waals surface area contributed by atoms with Gasteiger partial charge in [0.05, 0.1) is 12.3 Å². The summed E-state index contributed by atoms with van der Waals surface area (Å²) in [5, 5.41) is 5.93. The lowest BCUT2D eigenvalue weighted by Gasteiger charge is -2.15. The van der Waals surface area contributed by atoms with E-state index in [0.29, 0.717) is 29.8 Å². The molecule has 4 N–H and O–H groups in total. The molecule has 1 atom stereocenters. The molecule has 1 aromatic heterocycles. The molecule has 1 heterocycles. The predicted octanol–water partition coefficient (Wildman–Crippen LogP) is 0.880. The molecule has 0 radical (unpaired) electrons. The molecule has 0 saturated carbocycles. The maximum Gasteiger partial charge on any atom is 0.242 e. The molecule has 6 nitrogen and oxygen atoms in total. The SMILES string of the molecule is COCCNC(=O)C(C)Nc1nc(Cl)ccc1N. The first-order valence-corrected chi connectivity index (χ1v) is 5.87. The highest BCUT2D eigenvalue weighted by Gasteiger charge is 2.14. The number of rotatable bonds is 6. The molecule has 0 aliphatic carbocycles. The number of hydrogen-bond acceptors (Lipinski definition) is 5. The van der Waals surface area contributed by atoms with Crippen LogP contribution in [0.2, 0.25) is 5.15 Å². The summed E-state index contributed by atoms with van der Waals surface area (Å²) in [6.45, 7) is 2.64. The van der Waals surface area contributed by atoms with Crippen LogP contribution in [0.15, 0.2) is 12.1 Å². The van der Waals surface area contributed by atoms with Crippen LogP contribution >= 0.6 is 11.6 Å². The predicted molar refractivity (Wildman–Crippen MR) is 71.6 cm³/mol. The third kappa shape index (κ3) is 4.38. The van der Waals surface area contributed by atoms with Crippen molar-refractivity contribution < 1.29 is 9.53 Å². The van der Waals surface area contributed by atoms with E-state index in [2.05, 4.69) is 15.6 Å². The summed E-state index contributed by atoms with van der Waals surface area (Å²) in [4.78, 5) is 15.7. The van der Waals surface area contributed by atoms with Gasteiger partial charge in [-0.1, -0.05) is 11.6 Å². The molecular formula is C11H17ClN4O2. The minimum Gasteiger partial charge on any atom is -0.396 e. The fourth-order valence-corrected chi connectivity index (χ4v) is 1.41. The lowest BCUT2D eigenvalue weighted by Crippen LogP contribution is -2.39. The first kappa shape index (κ1) is 14.5. The Hall–Kier alpha value is -1.53.